The van der Waals surface area contributed by atoms with Crippen LogP contribution in [0.25, 0.3) is 11.1 Å². The first kappa shape index (κ1) is 26.3. The minimum atomic E-state index is -4.65. The second-order valence-electron chi connectivity index (χ2n) is 9.78. The molecule has 0 aliphatic heterocycles. The van der Waals surface area contributed by atoms with Crippen molar-refractivity contribution in [1.29, 1.82) is 0 Å². The number of nitrogen functional groups attached to an aromatic ring is 1. The average Bonchev–Trinajstić information content (AvgIpc) is 2.63. The van der Waals surface area contributed by atoms with E-state index in [0.29, 0.717) is 17.5 Å². The highest BCUT2D eigenvalue weighted by Gasteiger charge is 2.37. The van der Waals surface area contributed by atoms with Gasteiger partial charge in [-0.2, -0.15) is 13.2 Å². The second kappa shape index (κ2) is 9.89. The number of nitrogens with zero attached hydrogens (tertiary/aromatic N) is 1. The van der Waals surface area contributed by atoms with Crippen molar-refractivity contribution in [3.8, 4) is 16.9 Å². The maximum atomic E-state index is 13.8. The van der Waals surface area contributed by atoms with Crippen LogP contribution < -0.4 is 15.8 Å². The maximum Gasteiger partial charge on any atom is 0.419 e. The molecule has 1 atom stereocenters. The summed E-state index contributed by atoms with van der Waals surface area (Å²) >= 11 is 0. The lowest BCUT2D eigenvalue weighted by Crippen LogP contribution is -2.47. The summed E-state index contributed by atoms with van der Waals surface area (Å²) in [5, 5.41) is 2.70. The van der Waals surface area contributed by atoms with E-state index in [-0.39, 0.29) is 24.1 Å². The molecule has 0 saturated heterocycles. The zero-order valence-corrected chi connectivity index (χ0v) is 19.8. The van der Waals surface area contributed by atoms with E-state index in [4.69, 9.17) is 15.2 Å². The number of amides is 1. The zero-order chi connectivity index (χ0) is 25.0. The molecule has 0 unspecified atom stereocenters. The Morgan fingerprint density at radius 1 is 1.09 bits per heavy atom. The number of nitrogens with two attached hydrogens (primary N) is 1. The molecule has 2 rings (SSSR count). The van der Waals surface area contributed by atoms with Crippen molar-refractivity contribution in [1.82, 2.24) is 10.3 Å². The number of anilines is 1. The van der Waals surface area contributed by atoms with Crippen LogP contribution in [0.5, 0.6) is 5.75 Å². The third-order valence-corrected chi connectivity index (χ3v) is 4.59. The molecule has 1 amide bonds. The summed E-state index contributed by atoms with van der Waals surface area (Å²) in [6.45, 7) is 10.7. The van der Waals surface area contributed by atoms with Crippen molar-refractivity contribution >= 4 is 11.9 Å². The Labute approximate surface area is 192 Å². The number of alkyl carbamates (subject to hydrolysis) is 1. The second-order valence-corrected chi connectivity index (χ2v) is 9.78. The van der Waals surface area contributed by atoms with Gasteiger partial charge in [0.25, 0.3) is 0 Å². The van der Waals surface area contributed by atoms with Gasteiger partial charge in [-0.05, 0) is 75.4 Å². The van der Waals surface area contributed by atoms with E-state index in [1.165, 1.54) is 24.4 Å². The molecular formula is C24H32F3N3O3. The molecule has 6 nitrogen and oxygen atoms in total. The van der Waals surface area contributed by atoms with Crippen LogP contribution in [0.1, 0.15) is 53.5 Å². The monoisotopic (exact) mass is 467 g/mol. The van der Waals surface area contributed by atoms with Gasteiger partial charge in [0, 0.05) is 11.7 Å². The number of alkyl halides is 3. The maximum absolute atomic E-state index is 13.8. The van der Waals surface area contributed by atoms with Crippen LogP contribution in [0, 0.1) is 5.92 Å². The first-order chi connectivity index (χ1) is 15.1. The van der Waals surface area contributed by atoms with Crippen molar-refractivity contribution in [2.24, 2.45) is 5.92 Å². The summed E-state index contributed by atoms with van der Waals surface area (Å²) in [5.74, 6) is -0.0257. The van der Waals surface area contributed by atoms with Crippen LogP contribution in [0.15, 0.2) is 36.5 Å². The highest BCUT2D eigenvalue weighted by molar-refractivity contribution is 5.69. The molecular weight excluding hydrogens is 435 g/mol. The Bertz CT molecular complexity index is 971. The van der Waals surface area contributed by atoms with E-state index in [2.05, 4.69) is 10.3 Å². The van der Waals surface area contributed by atoms with Gasteiger partial charge in [0.2, 0.25) is 0 Å². The summed E-state index contributed by atoms with van der Waals surface area (Å²) in [6, 6.07) is 6.87. The summed E-state index contributed by atoms with van der Waals surface area (Å²) in [4.78, 5) is 16.2. The molecule has 0 aliphatic rings. The number of ether oxygens (including phenoxy) is 2. The van der Waals surface area contributed by atoms with Gasteiger partial charge in [-0.3, -0.25) is 0 Å². The van der Waals surface area contributed by atoms with Gasteiger partial charge < -0.3 is 20.5 Å². The van der Waals surface area contributed by atoms with Gasteiger partial charge in [0.1, 0.15) is 23.8 Å². The molecule has 2 aromatic rings. The van der Waals surface area contributed by atoms with Gasteiger partial charge in [0.15, 0.2) is 0 Å². The third kappa shape index (κ3) is 8.14. The number of halogens is 3. The molecule has 0 spiro atoms. The van der Waals surface area contributed by atoms with Crippen LogP contribution >= 0.6 is 0 Å². The van der Waals surface area contributed by atoms with E-state index in [1.54, 1.807) is 33.8 Å². The van der Waals surface area contributed by atoms with Crippen molar-refractivity contribution < 1.29 is 27.4 Å². The Balaban J connectivity index is 2.31. The summed E-state index contributed by atoms with van der Waals surface area (Å²) in [7, 11) is 0. The van der Waals surface area contributed by atoms with Crippen LogP contribution in [-0.2, 0) is 10.9 Å². The first-order valence-electron chi connectivity index (χ1n) is 10.7. The molecule has 9 heteroatoms. The first-order valence-corrected chi connectivity index (χ1v) is 10.7. The number of benzene rings is 1. The van der Waals surface area contributed by atoms with E-state index >= 15 is 0 Å². The minimum absolute atomic E-state index is 0.114. The number of carbonyl (C=O) groups excluding carboxylic acids is 1. The predicted molar refractivity (Wildman–Crippen MR) is 122 cm³/mol. The average molecular weight is 468 g/mol. The quantitative estimate of drug-likeness (QED) is 0.517. The highest BCUT2D eigenvalue weighted by atomic mass is 19.4. The van der Waals surface area contributed by atoms with Crippen LogP contribution in [0.3, 0.4) is 0 Å². The lowest BCUT2D eigenvalue weighted by molar-refractivity contribution is -0.139. The SMILES string of the molecule is CC(C)C[C@@](C)(COc1ccc(-c2ccnc(N)c2)cc1C(F)(F)F)OC(=O)NC(C)(C)C. The van der Waals surface area contributed by atoms with Gasteiger partial charge >= 0.3 is 12.3 Å². The number of carbonyl (C=O) groups is 1. The fourth-order valence-corrected chi connectivity index (χ4v) is 3.46. The molecule has 33 heavy (non-hydrogen) atoms. The smallest absolute Gasteiger partial charge is 0.419 e. The Kier molecular flexibility index (Phi) is 7.87. The normalized spacial score (nSPS) is 14.0. The number of nitrogens with one attached hydrogen (secondary N) is 1. The summed E-state index contributed by atoms with van der Waals surface area (Å²) in [6.07, 6.45) is -3.47. The van der Waals surface area contributed by atoms with Gasteiger partial charge in [-0.1, -0.05) is 19.9 Å². The highest BCUT2D eigenvalue weighted by Crippen LogP contribution is 2.39. The lowest BCUT2D eigenvalue weighted by Gasteiger charge is -2.33. The number of hydrogen-bond acceptors (Lipinski definition) is 5. The number of aromatic nitrogens is 1. The largest absolute Gasteiger partial charge is 0.489 e. The molecule has 0 radical (unpaired) electrons. The van der Waals surface area contributed by atoms with Crippen LogP contribution in [0.4, 0.5) is 23.8 Å². The van der Waals surface area contributed by atoms with Crippen molar-refractivity contribution in [2.45, 2.75) is 65.3 Å². The van der Waals surface area contributed by atoms with E-state index < -0.39 is 29.0 Å². The Morgan fingerprint density at radius 2 is 1.73 bits per heavy atom. The van der Waals surface area contributed by atoms with Crippen molar-refractivity contribution in [3.05, 3.63) is 42.1 Å². The molecule has 0 saturated carbocycles. The fourth-order valence-electron chi connectivity index (χ4n) is 3.46. The molecule has 1 heterocycles. The number of rotatable bonds is 7. The topological polar surface area (TPSA) is 86.5 Å². The molecule has 0 bridgehead atoms. The molecule has 3 N–H and O–H groups in total. The minimum Gasteiger partial charge on any atom is -0.489 e. The Hall–Kier alpha value is -2.97. The predicted octanol–water partition coefficient (Wildman–Crippen LogP) is 6.06. The van der Waals surface area contributed by atoms with Gasteiger partial charge in [-0.15, -0.1) is 0 Å². The molecule has 1 aromatic heterocycles. The van der Waals surface area contributed by atoms with Crippen LogP contribution in [-0.4, -0.2) is 28.8 Å². The van der Waals surface area contributed by atoms with Gasteiger partial charge in [-0.25, -0.2) is 9.78 Å². The van der Waals surface area contributed by atoms with Gasteiger partial charge in [0.05, 0.1) is 5.56 Å². The molecule has 1 aromatic carbocycles. The Morgan fingerprint density at radius 3 is 2.27 bits per heavy atom. The van der Waals surface area contributed by atoms with E-state index in [1.807, 2.05) is 13.8 Å². The van der Waals surface area contributed by atoms with E-state index in [0.717, 1.165) is 6.07 Å². The standard InChI is InChI=1S/C24H32F3N3O3/c1-15(2)13-23(6,33-21(31)30-22(3,4)5)14-32-19-8-7-16(11-18(19)24(25,26)27)17-9-10-29-20(28)12-17/h7-12,15H,13-14H2,1-6H3,(H2,28,29)(H,30,31)/t23-/m0/s1. The van der Waals surface area contributed by atoms with Crippen molar-refractivity contribution in [2.75, 3.05) is 12.3 Å². The number of hydrogen-bond donors (Lipinski definition) is 2. The molecule has 0 fully saturated rings. The molecule has 0 aliphatic carbocycles. The fraction of sp³-hybridized carbons (Fsp3) is 0.500. The number of pyridine rings is 1. The van der Waals surface area contributed by atoms with Crippen LogP contribution in [0.2, 0.25) is 0 Å². The van der Waals surface area contributed by atoms with Crippen molar-refractivity contribution in [3.63, 3.8) is 0 Å². The lowest BCUT2D eigenvalue weighted by atomic mass is 9.94. The van der Waals surface area contributed by atoms with E-state index in [9.17, 15) is 18.0 Å². The zero-order valence-electron chi connectivity index (χ0n) is 19.8. The summed E-state index contributed by atoms with van der Waals surface area (Å²) < 4.78 is 52.7. The third-order valence-electron chi connectivity index (χ3n) is 4.59. The molecule has 182 valence electrons. The summed E-state index contributed by atoms with van der Waals surface area (Å²) in [5.41, 5.74) is 3.91.